The van der Waals surface area contributed by atoms with Crippen LogP contribution in [0.2, 0.25) is 0 Å². The third kappa shape index (κ3) is 2.80. The maximum Gasteiger partial charge on any atom is 0.379 e. The van der Waals surface area contributed by atoms with Crippen molar-refractivity contribution in [1.82, 2.24) is 0 Å². The molecule has 1 aromatic rings. The van der Waals surface area contributed by atoms with Crippen LogP contribution in [0, 0.1) is 6.92 Å². The fourth-order valence-corrected chi connectivity index (χ4v) is 1.60. The summed E-state index contributed by atoms with van der Waals surface area (Å²) in [5, 5.41) is 0. The second kappa shape index (κ2) is 6.05. The van der Waals surface area contributed by atoms with E-state index in [4.69, 9.17) is 9.47 Å². The molecule has 0 aromatic heterocycles. The van der Waals surface area contributed by atoms with E-state index in [2.05, 4.69) is 4.74 Å². The Labute approximate surface area is 106 Å². The summed E-state index contributed by atoms with van der Waals surface area (Å²) in [5.74, 6) is -0.618. The van der Waals surface area contributed by atoms with Crippen molar-refractivity contribution in [2.24, 2.45) is 0 Å². The van der Waals surface area contributed by atoms with Crippen LogP contribution in [0.5, 0.6) is 11.5 Å². The molecule has 0 bridgehead atoms. The minimum atomic E-state index is -0.871. The molecular formula is C13H16O5. The molecule has 0 aliphatic heterocycles. The Kier molecular flexibility index (Phi) is 4.71. The molecule has 5 nitrogen and oxygen atoms in total. The second-order valence-corrected chi connectivity index (χ2v) is 3.58. The van der Waals surface area contributed by atoms with E-state index >= 15 is 0 Å². The molecule has 1 aromatic carbocycles. The Balaban J connectivity index is 3.15. The van der Waals surface area contributed by atoms with Gasteiger partial charge in [0.05, 0.1) is 20.8 Å². The monoisotopic (exact) mass is 252 g/mol. The summed E-state index contributed by atoms with van der Waals surface area (Å²) in [6, 6.07) is 3.03. The van der Waals surface area contributed by atoms with Crippen LogP contribution in [0.25, 0.3) is 0 Å². The van der Waals surface area contributed by atoms with E-state index in [9.17, 15) is 9.59 Å². The molecule has 98 valence electrons. The van der Waals surface area contributed by atoms with Gasteiger partial charge in [-0.05, 0) is 31.5 Å². The van der Waals surface area contributed by atoms with Gasteiger partial charge < -0.3 is 14.2 Å². The van der Waals surface area contributed by atoms with Gasteiger partial charge in [0.15, 0.2) is 11.5 Å². The number of esters is 1. The number of hydrogen-bond acceptors (Lipinski definition) is 5. The lowest BCUT2D eigenvalue weighted by Crippen LogP contribution is -2.17. The Morgan fingerprint density at radius 1 is 1.17 bits per heavy atom. The van der Waals surface area contributed by atoms with E-state index < -0.39 is 11.8 Å². The van der Waals surface area contributed by atoms with Crippen LogP contribution in [0.4, 0.5) is 0 Å². The lowest BCUT2D eigenvalue weighted by atomic mass is 10.1. The maximum absolute atomic E-state index is 11.8. The normalized spacial score (nSPS) is 9.78. The van der Waals surface area contributed by atoms with Crippen LogP contribution < -0.4 is 9.47 Å². The highest BCUT2D eigenvalue weighted by Gasteiger charge is 2.20. The van der Waals surface area contributed by atoms with Crippen LogP contribution >= 0.6 is 0 Å². The zero-order valence-electron chi connectivity index (χ0n) is 10.9. The first-order valence-corrected chi connectivity index (χ1v) is 5.49. The number of carbonyl (C=O) groups excluding carboxylic acids is 2. The number of Topliss-reactive ketones (excluding diaryl/α,β-unsaturated/α-hetero) is 1. The van der Waals surface area contributed by atoms with Crippen molar-refractivity contribution in [3.63, 3.8) is 0 Å². The van der Waals surface area contributed by atoms with Crippen molar-refractivity contribution in [2.45, 2.75) is 13.8 Å². The summed E-state index contributed by atoms with van der Waals surface area (Å²) in [4.78, 5) is 23.1. The number of benzene rings is 1. The predicted octanol–water partition coefficient (Wildman–Crippen LogP) is 1.76. The molecular weight excluding hydrogens is 236 g/mol. The number of methoxy groups -OCH3 is 2. The second-order valence-electron chi connectivity index (χ2n) is 3.58. The van der Waals surface area contributed by atoms with Gasteiger partial charge in [-0.15, -0.1) is 0 Å². The molecule has 0 heterocycles. The number of aryl methyl sites for hydroxylation is 1. The number of ketones is 1. The molecule has 0 N–H and O–H groups in total. The summed E-state index contributed by atoms with van der Waals surface area (Å²) in [6.45, 7) is 3.57. The summed E-state index contributed by atoms with van der Waals surface area (Å²) in [5.41, 5.74) is 0.938. The molecule has 18 heavy (non-hydrogen) atoms. The van der Waals surface area contributed by atoms with Gasteiger partial charge in [-0.3, -0.25) is 4.79 Å². The first-order chi connectivity index (χ1) is 8.54. The van der Waals surface area contributed by atoms with Crippen LogP contribution in [-0.2, 0) is 9.53 Å². The Hall–Kier alpha value is -2.04. The SMILES string of the molecule is CCOC(=O)C(=O)c1cc(C)c(OC)c(OC)c1. The Morgan fingerprint density at radius 3 is 2.33 bits per heavy atom. The fraction of sp³-hybridized carbons (Fsp3) is 0.385. The predicted molar refractivity (Wildman–Crippen MR) is 65.2 cm³/mol. The molecule has 0 amide bonds. The van der Waals surface area contributed by atoms with E-state index in [1.54, 1.807) is 19.9 Å². The molecule has 0 saturated carbocycles. The highest BCUT2D eigenvalue weighted by Crippen LogP contribution is 2.32. The van der Waals surface area contributed by atoms with Crippen LogP contribution in [-0.4, -0.2) is 32.6 Å². The largest absolute Gasteiger partial charge is 0.493 e. The smallest absolute Gasteiger partial charge is 0.379 e. The highest BCUT2D eigenvalue weighted by molar-refractivity contribution is 6.40. The van der Waals surface area contributed by atoms with Crippen LogP contribution in [0.15, 0.2) is 12.1 Å². The van der Waals surface area contributed by atoms with E-state index in [1.165, 1.54) is 20.3 Å². The average Bonchev–Trinajstić information content (AvgIpc) is 2.36. The van der Waals surface area contributed by atoms with Crippen molar-refractivity contribution in [3.8, 4) is 11.5 Å². The van der Waals surface area contributed by atoms with Crippen molar-refractivity contribution >= 4 is 11.8 Å². The zero-order chi connectivity index (χ0) is 13.7. The van der Waals surface area contributed by atoms with Gasteiger partial charge in [0.25, 0.3) is 5.78 Å². The standard InChI is InChI=1S/C13H16O5/c1-5-18-13(15)11(14)9-6-8(2)12(17-4)10(7-9)16-3/h6-7H,5H2,1-4H3. The average molecular weight is 252 g/mol. The molecule has 0 spiro atoms. The van der Waals surface area contributed by atoms with E-state index in [1.807, 2.05) is 0 Å². The van der Waals surface area contributed by atoms with Gasteiger partial charge in [-0.1, -0.05) is 0 Å². The molecule has 0 aliphatic carbocycles. The van der Waals surface area contributed by atoms with Gasteiger partial charge >= 0.3 is 5.97 Å². The number of rotatable bonds is 5. The van der Waals surface area contributed by atoms with E-state index in [0.717, 1.165) is 0 Å². The molecule has 0 fully saturated rings. The molecule has 0 saturated heterocycles. The molecule has 0 unspecified atom stereocenters. The summed E-state index contributed by atoms with van der Waals surface area (Å²) >= 11 is 0. The van der Waals surface area contributed by atoms with Crippen molar-refractivity contribution in [2.75, 3.05) is 20.8 Å². The number of hydrogen-bond donors (Lipinski definition) is 0. The molecule has 5 heteroatoms. The van der Waals surface area contributed by atoms with Crippen molar-refractivity contribution in [1.29, 1.82) is 0 Å². The first-order valence-electron chi connectivity index (χ1n) is 5.49. The van der Waals surface area contributed by atoms with E-state index in [0.29, 0.717) is 17.1 Å². The van der Waals surface area contributed by atoms with Crippen LogP contribution in [0.1, 0.15) is 22.8 Å². The van der Waals surface area contributed by atoms with Gasteiger partial charge in [0.2, 0.25) is 0 Å². The van der Waals surface area contributed by atoms with Crippen LogP contribution in [0.3, 0.4) is 0 Å². The van der Waals surface area contributed by atoms with Gasteiger partial charge in [0.1, 0.15) is 0 Å². The van der Waals surface area contributed by atoms with Crippen molar-refractivity contribution in [3.05, 3.63) is 23.3 Å². The minimum Gasteiger partial charge on any atom is -0.493 e. The Morgan fingerprint density at radius 2 is 1.83 bits per heavy atom. The fourth-order valence-electron chi connectivity index (χ4n) is 1.60. The third-order valence-electron chi connectivity index (χ3n) is 2.39. The number of carbonyl (C=O) groups is 2. The molecule has 1 rings (SSSR count). The zero-order valence-corrected chi connectivity index (χ0v) is 10.9. The Bertz CT molecular complexity index is 465. The summed E-state index contributed by atoms with van der Waals surface area (Å²) in [6.07, 6.45) is 0. The first kappa shape index (κ1) is 14.0. The van der Waals surface area contributed by atoms with Gasteiger partial charge in [-0.2, -0.15) is 0 Å². The lowest BCUT2D eigenvalue weighted by Gasteiger charge is -2.12. The molecule has 0 aliphatic rings. The van der Waals surface area contributed by atoms with Gasteiger partial charge in [0, 0.05) is 5.56 Å². The molecule has 0 atom stereocenters. The molecule has 0 radical (unpaired) electrons. The maximum atomic E-state index is 11.8. The quantitative estimate of drug-likeness (QED) is 0.454. The highest BCUT2D eigenvalue weighted by atomic mass is 16.5. The third-order valence-corrected chi connectivity index (χ3v) is 2.39. The lowest BCUT2D eigenvalue weighted by molar-refractivity contribution is -0.137. The van der Waals surface area contributed by atoms with E-state index in [-0.39, 0.29) is 12.2 Å². The summed E-state index contributed by atoms with van der Waals surface area (Å²) < 4.78 is 14.9. The summed E-state index contributed by atoms with van der Waals surface area (Å²) in [7, 11) is 2.98. The minimum absolute atomic E-state index is 0.164. The van der Waals surface area contributed by atoms with Crippen molar-refractivity contribution < 1.29 is 23.8 Å². The number of ether oxygens (including phenoxy) is 3. The topological polar surface area (TPSA) is 61.8 Å². The van der Waals surface area contributed by atoms with Gasteiger partial charge in [-0.25, -0.2) is 4.79 Å².